The first-order valence-electron chi connectivity index (χ1n) is 7.35. The molecule has 3 rings (SSSR count). The lowest BCUT2D eigenvalue weighted by atomic mass is 10.1. The Hall–Kier alpha value is -3.55. The van der Waals surface area contributed by atoms with E-state index in [-0.39, 0.29) is 22.9 Å². The molecule has 3 aromatic rings. The fraction of sp³-hybridized carbons (Fsp3) is 0.125. The van der Waals surface area contributed by atoms with Crippen LogP contribution < -0.4 is 5.32 Å². The van der Waals surface area contributed by atoms with Crippen LogP contribution in [0.3, 0.4) is 0 Å². The molecule has 138 valence electrons. The van der Waals surface area contributed by atoms with Crippen molar-refractivity contribution in [3.63, 3.8) is 0 Å². The van der Waals surface area contributed by atoms with E-state index in [0.29, 0.717) is 0 Å². The second kappa shape index (κ2) is 6.99. The van der Waals surface area contributed by atoms with Crippen molar-refractivity contribution >= 4 is 11.6 Å². The molecule has 0 bridgehead atoms. The van der Waals surface area contributed by atoms with Gasteiger partial charge in [0.1, 0.15) is 0 Å². The summed E-state index contributed by atoms with van der Waals surface area (Å²) in [5, 5.41) is 22.4. The zero-order chi connectivity index (χ0) is 19.6. The fourth-order valence-corrected chi connectivity index (χ4v) is 2.28. The van der Waals surface area contributed by atoms with Crippen molar-refractivity contribution < 1.29 is 22.0 Å². The third-order valence-corrected chi connectivity index (χ3v) is 3.57. The molecule has 0 fully saturated rings. The average Bonchev–Trinajstić information content (AvgIpc) is 3.09. The van der Waals surface area contributed by atoms with Crippen molar-refractivity contribution in [2.24, 2.45) is 0 Å². The minimum absolute atomic E-state index is 0.000294. The molecule has 0 spiro atoms. The second-order valence-corrected chi connectivity index (χ2v) is 5.30. The van der Waals surface area contributed by atoms with Crippen LogP contribution in [0.25, 0.3) is 5.69 Å². The first-order valence-corrected chi connectivity index (χ1v) is 7.35. The summed E-state index contributed by atoms with van der Waals surface area (Å²) in [6, 6.07) is 9.45. The molecule has 0 unspecified atom stereocenters. The first-order chi connectivity index (χ1) is 12.8. The normalized spacial score (nSPS) is 11.4. The summed E-state index contributed by atoms with van der Waals surface area (Å²) in [4.78, 5) is 0. The van der Waals surface area contributed by atoms with Gasteiger partial charge in [-0.25, -0.2) is 8.78 Å². The van der Waals surface area contributed by atoms with Crippen LogP contribution in [-0.4, -0.2) is 20.2 Å². The third kappa shape index (κ3) is 3.84. The van der Waals surface area contributed by atoms with Gasteiger partial charge < -0.3 is 5.32 Å². The lowest BCUT2D eigenvalue weighted by Gasteiger charge is -2.10. The number of aromatic nitrogens is 4. The molecule has 0 aliphatic heterocycles. The minimum atomic E-state index is -4.48. The zero-order valence-corrected chi connectivity index (χ0v) is 13.2. The van der Waals surface area contributed by atoms with Gasteiger partial charge in [-0.05, 0) is 52.9 Å². The molecule has 0 aliphatic carbocycles. The molecule has 0 aliphatic rings. The Bertz CT molecular complexity index is 988. The van der Waals surface area contributed by atoms with E-state index in [9.17, 15) is 22.0 Å². The summed E-state index contributed by atoms with van der Waals surface area (Å²) < 4.78 is 65.1. The summed E-state index contributed by atoms with van der Waals surface area (Å²) in [7, 11) is 0. The number of hydrogen-bond donors (Lipinski definition) is 1. The van der Waals surface area contributed by atoms with Gasteiger partial charge in [-0.1, -0.05) is 5.10 Å². The van der Waals surface area contributed by atoms with E-state index in [2.05, 4.69) is 20.8 Å². The molecule has 0 atom stereocenters. The van der Waals surface area contributed by atoms with E-state index in [1.807, 2.05) is 0 Å². The number of nitriles is 1. The van der Waals surface area contributed by atoms with E-state index in [4.69, 9.17) is 5.26 Å². The van der Waals surface area contributed by atoms with Gasteiger partial charge >= 0.3 is 6.18 Å². The highest BCUT2D eigenvalue weighted by molar-refractivity contribution is 5.59. The summed E-state index contributed by atoms with van der Waals surface area (Å²) in [5.41, 5.74) is -1.04. The Labute approximate surface area is 148 Å². The zero-order valence-electron chi connectivity index (χ0n) is 13.2. The van der Waals surface area contributed by atoms with E-state index in [0.717, 1.165) is 22.9 Å². The number of halogens is 5. The van der Waals surface area contributed by atoms with Crippen LogP contribution in [0.2, 0.25) is 0 Å². The van der Waals surface area contributed by atoms with Gasteiger partial charge in [0.05, 0.1) is 22.9 Å². The number of hydrogen-bond acceptors (Lipinski definition) is 5. The predicted octanol–water partition coefficient (Wildman–Crippen LogP) is 4.23. The standard InChI is InChI=1S/C16H9F5N6/c17-14(18)13-7-11(4-1-9(13)8-22)23-15-24-25-26-27(15)12-5-2-10(3-6-12)16(19,20)21/h1-7,14H,(H,23,24,26). The monoisotopic (exact) mass is 380 g/mol. The van der Waals surface area contributed by atoms with E-state index in [1.165, 1.54) is 24.3 Å². The smallest absolute Gasteiger partial charge is 0.323 e. The quantitative estimate of drug-likeness (QED) is 0.685. The number of nitrogens with zero attached hydrogens (tertiary/aromatic N) is 5. The van der Waals surface area contributed by atoms with Crippen LogP contribution in [0.1, 0.15) is 23.1 Å². The maximum absolute atomic E-state index is 13.0. The van der Waals surface area contributed by atoms with Crippen molar-refractivity contribution in [1.82, 2.24) is 20.2 Å². The SMILES string of the molecule is N#Cc1ccc(Nc2nnnn2-c2ccc(C(F)(F)F)cc2)cc1C(F)F. The van der Waals surface area contributed by atoms with Gasteiger partial charge in [-0.15, -0.1) is 0 Å². The summed E-state index contributed by atoms with van der Waals surface area (Å²) in [6.45, 7) is 0. The van der Waals surface area contributed by atoms with Gasteiger partial charge in [-0.3, -0.25) is 0 Å². The van der Waals surface area contributed by atoms with Gasteiger partial charge in [0.25, 0.3) is 12.4 Å². The molecule has 1 heterocycles. The van der Waals surface area contributed by atoms with E-state index in [1.54, 1.807) is 6.07 Å². The van der Waals surface area contributed by atoms with Crippen LogP contribution >= 0.6 is 0 Å². The third-order valence-electron chi connectivity index (χ3n) is 3.57. The van der Waals surface area contributed by atoms with E-state index < -0.39 is 23.7 Å². The van der Waals surface area contributed by atoms with Gasteiger partial charge in [0.15, 0.2) is 0 Å². The number of alkyl halides is 5. The number of tetrazole rings is 1. The largest absolute Gasteiger partial charge is 0.416 e. The van der Waals surface area contributed by atoms with Crippen LogP contribution in [0.5, 0.6) is 0 Å². The van der Waals surface area contributed by atoms with Crippen LogP contribution in [0.15, 0.2) is 42.5 Å². The Balaban J connectivity index is 1.90. The van der Waals surface area contributed by atoms with Gasteiger partial charge in [-0.2, -0.15) is 23.1 Å². The molecular weight excluding hydrogens is 371 g/mol. The van der Waals surface area contributed by atoms with Crippen LogP contribution in [-0.2, 0) is 6.18 Å². The summed E-state index contributed by atoms with van der Waals surface area (Å²) >= 11 is 0. The minimum Gasteiger partial charge on any atom is -0.323 e. The van der Waals surface area contributed by atoms with Gasteiger partial charge in [0, 0.05) is 11.3 Å². The van der Waals surface area contributed by atoms with Gasteiger partial charge in [0.2, 0.25) is 0 Å². The van der Waals surface area contributed by atoms with E-state index >= 15 is 0 Å². The number of rotatable bonds is 4. The van der Waals surface area contributed by atoms with Crippen molar-refractivity contribution in [1.29, 1.82) is 5.26 Å². The molecule has 1 N–H and O–H groups in total. The first kappa shape index (κ1) is 18.2. The molecule has 0 saturated carbocycles. The van der Waals surface area contributed by atoms with Crippen LogP contribution in [0, 0.1) is 11.3 Å². The highest BCUT2D eigenvalue weighted by atomic mass is 19.4. The Morgan fingerprint density at radius 2 is 1.78 bits per heavy atom. The topological polar surface area (TPSA) is 79.4 Å². The Kier molecular flexibility index (Phi) is 4.72. The van der Waals surface area contributed by atoms with Crippen molar-refractivity contribution in [3.05, 3.63) is 59.2 Å². The molecule has 0 saturated heterocycles. The molecule has 27 heavy (non-hydrogen) atoms. The Morgan fingerprint density at radius 3 is 2.37 bits per heavy atom. The Morgan fingerprint density at radius 1 is 1.07 bits per heavy atom. The molecule has 0 radical (unpaired) electrons. The predicted molar refractivity (Wildman–Crippen MR) is 83.6 cm³/mol. The summed E-state index contributed by atoms with van der Waals surface area (Å²) in [5.74, 6) is -0.000294. The number of benzene rings is 2. The molecule has 0 amide bonds. The van der Waals surface area contributed by atoms with Crippen LogP contribution in [0.4, 0.5) is 33.6 Å². The number of nitrogens with one attached hydrogen (secondary N) is 1. The maximum atomic E-state index is 13.0. The molecule has 2 aromatic carbocycles. The maximum Gasteiger partial charge on any atom is 0.416 e. The summed E-state index contributed by atoms with van der Waals surface area (Å²) in [6.07, 6.45) is -7.33. The van der Waals surface area contributed by atoms with Crippen molar-refractivity contribution in [3.8, 4) is 11.8 Å². The fourth-order valence-electron chi connectivity index (χ4n) is 2.28. The lowest BCUT2D eigenvalue weighted by molar-refractivity contribution is -0.137. The highest BCUT2D eigenvalue weighted by Crippen LogP contribution is 2.30. The molecule has 11 heteroatoms. The molecule has 6 nitrogen and oxygen atoms in total. The highest BCUT2D eigenvalue weighted by Gasteiger charge is 2.30. The molecule has 1 aromatic heterocycles. The number of anilines is 2. The van der Waals surface area contributed by atoms with Crippen molar-refractivity contribution in [2.75, 3.05) is 5.32 Å². The molecular formula is C16H9F5N6. The second-order valence-electron chi connectivity index (χ2n) is 5.30. The lowest BCUT2D eigenvalue weighted by Crippen LogP contribution is -2.07. The average molecular weight is 380 g/mol. The van der Waals surface area contributed by atoms with Crippen molar-refractivity contribution in [2.45, 2.75) is 12.6 Å².